The molecule has 0 heterocycles. The summed E-state index contributed by atoms with van der Waals surface area (Å²) in [4.78, 5) is 0. The molecule has 0 N–H and O–H groups in total. The van der Waals surface area contributed by atoms with E-state index in [9.17, 15) is 0 Å². The first kappa shape index (κ1) is 10.3. The van der Waals surface area contributed by atoms with E-state index in [4.69, 9.17) is 0 Å². The highest BCUT2D eigenvalue weighted by Gasteiger charge is 2.24. The Morgan fingerprint density at radius 3 is 2.38 bits per heavy atom. The van der Waals surface area contributed by atoms with Gasteiger partial charge in [0.25, 0.3) is 0 Å². The van der Waals surface area contributed by atoms with Crippen molar-refractivity contribution in [3.63, 3.8) is 0 Å². The first-order valence-electron chi connectivity index (χ1n) is 5.22. The predicted octanol–water partition coefficient (Wildman–Crippen LogP) is 4.10. The Hall–Kier alpha value is -0.740. The van der Waals surface area contributed by atoms with Crippen LogP contribution in [0.15, 0.2) is 30.0 Å². The van der Waals surface area contributed by atoms with Crippen molar-refractivity contribution in [1.82, 2.24) is 0 Å². The second kappa shape index (κ2) is 4.48. The van der Waals surface area contributed by atoms with Gasteiger partial charge in [-0.15, -0.1) is 5.73 Å². The molecule has 0 heteroatoms. The minimum atomic E-state index is 0.670. The number of rotatable bonds is 2. The molecule has 0 aromatic heterocycles. The average Bonchev–Trinajstić information content (AvgIpc) is 2.09. The molecule has 1 aliphatic rings. The smallest absolute Gasteiger partial charge is 0.000964 e. The van der Waals surface area contributed by atoms with Gasteiger partial charge in [0.05, 0.1) is 0 Å². The van der Waals surface area contributed by atoms with Crippen LogP contribution in [0.5, 0.6) is 0 Å². The Labute approximate surface area is 82.0 Å². The molecule has 0 spiro atoms. The molecule has 1 saturated carbocycles. The first-order valence-corrected chi connectivity index (χ1v) is 5.22. The van der Waals surface area contributed by atoms with E-state index in [1.54, 1.807) is 0 Å². The monoisotopic (exact) mass is 176 g/mol. The highest BCUT2D eigenvalue weighted by atomic mass is 14.3. The molecule has 1 aliphatic carbocycles. The molecular formula is C13H20. The van der Waals surface area contributed by atoms with Crippen molar-refractivity contribution < 1.29 is 0 Å². The van der Waals surface area contributed by atoms with Gasteiger partial charge in [-0.3, -0.25) is 0 Å². The largest absolute Gasteiger partial charge is 0.125 e. The quantitative estimate of drug-likeness (QED) is 0.439. The van der Waals surface area contributed by atoms with E-state index in [1.165, 1.54) is 31.3 Å². The minimum Gasteiger partial charge on any atom is -0.125 e. The summed E-state index contributed by atoms with van der Waals surface area (Å²) in [6, 6.07) is 0. The predicted molar refractivity (Wildman–Crippen MR) is 58.6 cm³/mol. The molecule has 0 radical (unpaired) electrons. The zero-order valence-electron chi connectivity index (χ0n) is 8.90. The molecular weight excluding hydrogens is 156 g/mol. The van der Waals surface area contributed by atoms with Crippen molar-refractivity contribution in [2.45, 2.75) is 39.5 Å². The lowest BCUT2D eigenvalue weighted by atomic mass is 9.75. The van der Waals surface area contributed by atoms with Gasteiger partial charge in [-0.1, -0.05) is 39.3 Å². The second-order valence-electron chi connectivity index (χ2n) is 4.24. The molecule has 0 saturated heterocycles. The van der Waals surface area contributed by atoms with Gasteiger partial charge in [0.2, 0.25) is 0 Å². The van der Waals surface area contributed by atoms with Gasteiger partial charge in [0, 0.05) is 0 Å². The molecule has 0 bridgehead atoms. The maximum Gasteiger partial charge on any atom is -0.000964 e. The van der Waals surface area contributed by atoms with Crippen molar-refractivity contribution in [2.24, 2.45) is 11.8 Å². The molecule has 1 rings (SSSR count). The van der Waals surface area contributed by atoms with Gasteiger partial charge in [-0.05, 0) is 36.3 Å². The lowest BCUT2D eigenvalue weighted by molar-refractivity contribution is 0.296. The van der Waals surface area contributed by atoms with Gasteiger partial charge in [-0.25, -0.2) is 0 Å². The van der Waals surface area contributed by atoms with Crippen LogP contribution in [-0.4, -0.2) is 0 Å². The van der Waals surface area contributed by atoms with Crippen LogP contribution in [0, 0.1) is 11.8 Å². The molecule has 2 unspecified atom stereocenters. The van der Waals surface area contributed by atoms with Crippen molar-refractivity contribution in [2.75, 3.05) is 0 Å². The molecule has 72 valence electrons. The van der Waals surface area contributed by atoms with E-state index >= 15 is 0 Å². The molecule has 0 nitrogen and oxygen atoms in total. The normalized spacial score (nSPS) is 27.8. The molecule has 0 aromatic rings. The third-order valence-electron chi connectivity index (χ3n) is 3.13. The minimum absolute atomic E-state index is 0.670. The van der Waals surface area contributed by atoms with E-state index in [-0.39, 0.29) is 0 Å². The molecule has 2 atom stereocenters. The summed E-state index contributed by atoms with van der Waals surface area (Å²) in [6.07, 6.45) is 5.39. The summed E-state index contributed by atoms with van der Waals surface area (Å²) in [6.45, 7) is 12.2. The van der Waals surface area contributed by atoms with Crippen LogP contribution in [-0.2, 0) is 0 Å². The molecule has 0 aliphatic heterocycles. The van der Waals surface area contributed by atoms with Crippen LogP contribution < -0.4 is 0 Å². The average molecular weight is 176 g/mol. The summed E-state index contributed by atoms with van der Waals surface area (Å²) in [7, 11) is 0. The zero-order valence-corrected chi connectivity index (χ0v) is 8.90. The van der Waals surface area contributed by atoms with Crippen molar-refractivity contribution in [3.8, 4) is 0 Å². The third kappa shape index (κ3) is 2.35. The molecule has 13 heavy (non-hydrogen) atoms. The standard InChI is InChI=1S/C13H20/c1-5-12(10(2)3)13-9-7-6-8-11(13)4/h11,13H,1-2,6-9H2,3-4H3. The lowest BCUT2D eigenvalue weighted by Gasteiger charge is -2.30. The van der Waals surface area contributed by atoms with Crippen LogP contribution in [0.2, 0.25) is 0 Å². The highest BCUT2D eigenvalue weighted by Crippen LogP contribution is 2.36. The first-order chi connectivity index (χ1) is 6.16. The fraction of sp³-hybridized carbons (Fsp3) is 0.615. The molecule has 0 amide bonds. The third-order valence-corrected chi connectivity index (χ3v) is 3.13. The van der Waals surface area contributed by atoms with Crippen LogP contribution in [0.4, 0.5) is 0 Å². The van der Waals surface area contributed by atoms with Gasteiger partial charge >= 0.3 is 0 Å². The summed E-state index contributed by atoms with van der Waals surface area (Å²) < 4.78 is 0. The summed E-state index contributed by atoms with van der Waals surface area (Å²) in [5, 5.41) is 0. The maximum atomic E-state index is 4.00. The van der Waals surface area contributed by atoms with E-state index in [0.29, 0.717) is 5.92 Å². The lowest BCUT2D eigenvalue weighted by Crippen LogP contribution is -2.18. The van der Waals surface area contributed by atoms with E-state index in [0.717, 1.165) is 11.5 Å². The Bertz CT molecular complexity index is 241. The van der Waals surface area contributed by atoms with Gasteiger partial charge in [-0.2, -0.15) is 0 Å². The van der Waals surface area contributed by atoms with Crippen molar-refractivity contribution in [1.29, 1.82) is 0 Å². The molecule has 1 fully saturated rings. The van der Waals surface area contributed by atoms with Gasteiger partial charge < -0.3 is 0 Å². The van der Waals surface area contributed by atoms with Crippen LogP contribution >= 0.6 is 0 Å². The van der Waals surface area contributed by atoms with Crippen LogP contribution in [0.3, 0.4) is 0 Å². The number of allylic oxidation sites excluding steroid dienone is 2. The SMILES string of the molecule is C=C=C(C(=C)C)C1CCCCC1C. The van der Waals surface area contributed by atoms with E-state index < -0.39 is 0 Å². The summed E-state index contributed by atoms with van der Waals surface area (Å²) in [5.74, 6) is 1.46. The van der Waals surface area contributed by atoms with Crippen LogP contribution in [0.1, 0.15) is 39.5 Å². The topological polar surface area (TPSA) is 0 Å². The molecule has 0 aromatic carbocycles. The Balaban J connectivity index is 2.78. The number of hydrogen-bond acceptors (Lipinski definition) is 0. The second-order valence-corrected chi connectivity index (χ2v) is 4.24. The highest BCUT2D eigenvalue weighted by molar-refractivity contribution is 5.28. The Morgan fingerprint density at radius 1 is 1.31 bits per heavy atom. The fourth-order valence-corrected chi connectivity index (χ4v) is 2.34. The Kier molecular flexibility index (Phi) is 3.57. The summed E-state index contributed by atoms with van der Waals surface area (Å²) in [5.41, 5.74) is 5.49. The number of hydrogen-bond donors (Lipinski definition) is 0. The fourth-order valence-electron chi connectivity index (χ4n) is 2.34. The zero-order chi connectivity index (χ0) is 9.84. The van der Waals surface area contributed by atoms with Crippen LogP contribution in [0.25, 0.3) is 0 Å². The summed E-state index contributed by atoms with van der Waals surface area (Å²) >= 11 is 0. The van der Waals surface area contributed by atoms with Crippen molar-refractivity contribution in [3.05, 3.63) is 30.0 Å². The van der Waals surface area contributed by atoms with Gasteiger partial charge in [0.15, 0.2) is 0 Å². The van der Waals surface area contributed by atoms with E-state index in [1.807, 2.05) is 0 Å². The maximum absolute atomic E-state index is 4.00. The van der Waals surface area contributed by atoms with E-state index in [2.05, 4.69) is 32.7 Å². The van der Waals surface area contributed by atoms with Gasteiger partial charge in [0.1, 0.15) is 0 Å². The van der Waals surface area contributed by atoms with Crippen molar-refractivity contribution >= 4 is 0 Å². The Morgan fingerprint density at radius 2 is 1.92 bits per heavy atom.